The van der Waals surface area contributed by atoms with Crippen molar-refractivity contribution in [2.75, 3.05) is 6.61 Å². The summed E-state index contributed by atoms with van der Waals surface area (Å²) in [5.41, 5.74) is 0.0355. The molecule has 0 bridgehead atoms. The molecule has 1 aliphatic rings. The summed E-state index contributed by atoms with van der Waals surface area (Å²) in [6, 6.07) is 9.66. The van der Waals surface area contributed by atoms with Gasteiger partial charge in [-0.25, -0.2) is 4.79 Å². The second kappa shape index (κ2) is 4.15. The Morgan fingerprint density at radius 2 is 1.94 bits per heavy atom. The van der Waals surface area contributed by atoms with Crippen molar-refractivity contribution in [1.82, 2.24) is 0 Å². The van der Waals surface area contributed by atoms with E-state index in [4.69, 9.17) is 9.47 Å². The van der Waals surface area contributed by atoms with Crippen molar-refractivity contribution in [1.29, 1.82) is 0 Å². The Labute approximate surface area is 102 Å². The topological polar surface area (TPSA) is 38.8 Å². The molecule has 1 atom stereocenters. The average Bonchev–Trinajstić information content (AvgIpc) is 3.07. The number of epoxide rings is 1. The fourth-order valence-corrected chi connectivity index (χ4v) is 1.77. The van der Waals surface area contributed by atoms with Gasteiger partial charge in [0, 0.05) is 5.41 Å². The highest BCUT2D eigenvalue weighted by Gasteiger charge is 2.61. The van der Waals surface area contributed by atoms with Crippen molar-refractivity contribution in [3.63, 3.8) is 0 Å². The van der Waals surface area contributed by atoms with E-state index < -0.39 is 5.60 Å². The highest BCUT2D eigenvalue weighted by molar-refractivity contribution is 5.83. The lowest BCUT2D eigenvalue weighted by Gasteiger charge is -2.25. The van der Waals surface area contributed by atoms with Gasteiger partial charge in [-0.3, -0.25) is 0 Å². The number of hydrogen-bond donors (Lipinski definition) is 0. The number of rotatable bonds is 3. The summed E-state index contributed by atoms with van der Waals surface area (Å²) in [6.45, 7) is 6.74. The van der Waals surface area contributed by atoms with Gasteiger partial charge in [0.25, 0.3) is 0 Å². The largest absolute Gasteiger partial charge is 0.459 e. The van der Waals surface area contributed by atoms with Crippen LogP contribution in [0.25, 0.3) is 0 Å². The van der Waals surface area contributed by atoms with Crippen LogP contribution in [-0.2, 0) is 20.9 Å². The summed E-state index contributed by atoms with van der Waals surface area (Å²) in [5, 5.41) is 0. The molecule has 1 saturated heterocycles. The van der Waals surface area contributed by atoms with E-state index in [1.54, 1.807) is 0 Å². The molecule has 1 aliphatic heterocycles. The smallest absolute Gasteiger partial charge is 0.341 e. The van der Waals surface area contributed by atoms with Gasteiger partial charge in [0.2, 0.25) is 0 Å². The molecule has 1 aromatic carbocycles. The molecule has 1 aromatic rings. The quantitative estimate of drug-likeness (QED) is 0.596. The van der Waals surface area contributed by atoms with E-state index in [0.717, 1.165) is 5.56 Å². The highest BCUT2D eigenvalue weighted by atomic mass is 16.6. The maximum absolute atomic E-state index is 12.0. The van der Waals surface area contributed by atoms with Gasteiger partial charge in [0.05, 0.1) is 6.61 Å². The van der Waals surface area contributed by atoms with Crippen molar-refractivity contribution in [2.45, 2.75) is 33.0 Å². The van der Waals surface area contributed by atoms with Gasteiger partial charge < -0.3 is 9.47 Å². The molecule has 1 fully saturated rings. The standard InChI is InChI=1S/C14H18O3/c1-13(2,3)14(10-17-14)12(15)16-9-11-7-5-4-6-8-11/h4-8H,9-10H2,1-3H3. The monoisotopic (exact) mass is 234 g/mol. The maximum Gasteiger partial charge on any atom is 0.341 e. The molecule has 0 spiro atoms. The Kier molecular flexibility index (Phi) is 2.96. The van der Waals surface area contributed by atoms with Crippen molar-refractivity contribution in [3.8, 4) is 0 Å². The van der Waals surface area contributed by atoms with Crippen LogP contribution >= 0.6 is 0 Å². The minimum atomic E-state index is -0.734. The Hall–Kier alpha value is -1.35. The van der Waals surface area contributed by atoms with E-state index in [2.05, 4.69) is 0 Å². The van der Waals surface area contributed by atoms with Gasteiger partial charge in [-0.15, -0.1) is 0 Å². The van der Waals surface area contributed by atoms with E-state index in [9.17, 15) is 4.79 Å². The molecule has 17 heavy (non-hydrogen) atoms. The van der Waals surface area contributed by atoms with Crippen molar-refractivity contribution >= 4 is 5.97 Å². The lowest BCUT2D eigenvalue weighted by atomic mass is 9.81. The predicted octanol–water partition coefficient (Wildman–Crippen LogP) is 2.54. The molecular weight excluding hydrogens is 216 g/mol. The molecule has 0 aromatic heterocycles. The molecule has 92 valence electrons. The molecule has 1 heterocycles. The molecule has 0 saturated carbocycles. The summed E-state index contributed by atoms with van der Waals surface area (Å²) in [6.07, 6.45) is 0. The third-order valence-corrected chi connectivity index (χ3v) is 3.19. The number of benzene rings is 1. The zero-order valence-electron chi connectivity index (χ0n) is 10.5. The molecule has 1 unspecified atom stereocenters. The Balaban J connectivity index is 1.95. The van der Waals surface area contributed by atoms with Crippen LogP contribution in [0.2, 0.25) is 0 Å². The first-order valence-electron chi connectivity index (χ1n) is 5.81. The summed E-state index contributed by atoms with van der Waals surface area (Å²) >= 11 is 0. The van der Waals surface area contributed by atoms with Gasteiger partial charge in [-0.1, -0.05) is 51.1 Å². The molecule has 3 nitrogen and oxygen atoms in total. The highest BCUT2D eigenvalue weighted by Crippen LogP contribution is 2.45. The number of carbonyl (C=O) groups excluding carboxylic acids is 1. The minimum Gasteiger partial charge on any atom is -0.459 e. The molecule has 0 radical (unpaired) electrons. The summed E-state index contributed by atoms with van der Waals surface area (Å²) in [5.74, 6) is -0.256. The van der Waals surface area contributed by atoms with Crippen LogP contribution in [0.15, 0.2) is 30.3 Å². The predicted molar refractivity (Wildman–Crippen MR) is 64.4 cm³/mol. The first-order valence-corrected chi connectivity index (χ1v) is 5.81. The SMILES string of the molecule is CC(C)(C)C1(C(=O)OCc2ccccc2)CO1. The second-order valence-corrected chi connectivity index (χ2v) is 5.43. The third-order valence-electron chi connectivity index (χ3n) is 3.19. The third kappa shape index (κ3) is 2.34. The van der Waals surface area contributed by atoms with Crippen molar-refractivity contribution < 1.29 is 14.3 Å². The van der Waals surface area contributed by atoms with Gasteiger partial charge >= 0.3 is 5.97 Å². The van der Waals surface area contributed by atoms with E-state index in [1.807, 2.05) is 51.1 Å². The van der Waals surface area contributed by atoms with Crippen LogP contribution < -0.4 is 0 Å². The van der Waals surface area contributed by atoms with Crippen LogP contribution in [0.5, 0.6) is 0 Å². The van der Waals surface area contributed by atoms with E-state index in [-0.39, 0.29) is 11.4 Å². The fourth-order valence-electron chi connectivity index (χ4n) is 1.77. The molecule has 0 amide bonds. The molecule has 0 aliphatic carbocycles. The van der Waals surface area contributed by atoms with Crippen LogP contribution in [0.4, 0.5) is 0 Å². The number of hydrogen-bond acceptors (Lipinski definition) is 3. The first-order chi connectivity index (χ1) is 7.96. The van der Waals surface area contributed by atoms with Gasteiger partial charge in [-0.05, 0) is 5.56 Å². The summed E-state index contributed by atoms with van der Waals surface area (Å²) in [7, 11) is 0. The summed E-state index contributed by atoms with van der Waals surface area (Å²) < 4.78 is 10.7. The molecule has 0 N–H and O–H groups in total. The molecular formula is C14H18O3. The zero-order chi connectivity index (χ0) is 12.5. The van der Waals surface area contributed by atoms with Crippen LogP contribution in [0.3, 0.4) is 0 Å². The van der Waals surface area contributed by atoms with Gasteiger partial charge in [-0.2, -0.15) is 0 Å². The fraction of sp³-hybridized carbons (Fsp3) is 0.500. The van der Waals surface area contributed by atoms with Crippen molar-refractivity contribution in [2.24, 2.45) is 5.41 Å². The Morgan fingerprint density at radius 3 is 2.41 bits per heavy atom. The number of carbonyl (C=O) groups is 1. The Bertz CT molecular complexity index is 399. The maximum atomic E-state index is 12.0. The normalized spacial score (nSPS) is 23.2. The van der Waals surface area contributed by atoms with Crippen LogP contribution in [0.1, 0.15) is 26.3 Å². The van der Waals surface area contributed by atoms with E-state index in [1.165, 1.54) is 0 Å². The van der Waals surface area contributed by atoms with Crippen LogP contribution in [0, 0.1) is 5.41 Å². The van der Waals surface area contributed by atoms with E-state index >= 15 is 0 Å². The van der Waals surface area contributed by atoms with E-state index in [0.29, 0.717) is 13.2 Å². The average molecular weight is 234 g/mol. The lowest BCUT2D eigenvalue weighted by molar-refractivity contribution is -0.155. The number of esters is 1. The second-order valence-electron chi connectivity index (χ2n) is 5.43. The van der Waals surface area contributed by atoms with Crippen molar-refractivity contribution in [3.05, 3.63) is 35.9 Å². The molecule has 2 rings (SSSR count). The van der Waals surface area contributed by atoms with Gasteiger partial charge in [0.1, 0.15) is 6.61 Å². The zero-order valence-corrected chi connectivity index (χ0v) is 10.5. The van der Waals surface area contributed by atoms with Crippen LogP contribution in [-0.4, -0.2) is 18.2 Å². The lowest BCUT2D eigenvalue weighted by Crippen LogP contribution is -2.39. The number of ether oxygens (including phenoxy) is 2. The van der Waals surface area contributed by atoms with Gasteiger partial charge in [0.15, 0.2) is 5.60 Å². The summed E-state index contributed by atoms with van der Waals surface area (Å²) in [4.78, 5) is 12.0. The Morgan fingerprint density at radius 1 is 1.35 bits per heavy atom. The minimum absolute atomic E-state index is 0.221. The molecule has 3 heteroatoms. The first kappa shape index (κ1) is 12.1.